The Labute approximate surface area is 122 Å². The van der Waals surface area contributed by atoms with Crippen molar-refractivity contribution in [1.29, 1.82) is 0 Å². The van der Waals surface area contributed by atoms with E-state index in [2.05, 4.69) is 20.9 Å². The van der Waals surface area contributed by atoms with Crippen LogP contribution in [0, 0.1) is 11.6 Å². The maximum absolute atomic E-state index is 13.7. The van der Waals surface area contributed by atoms with Crippen molar-refractivity contribution >= 4 is 32.9 Å². The Hall–Kier alpha value is -1.95. The minimum Gasteiger partial charge on any atom is -0.369 e. The quantitative estimate of drug-likeness (QED) is 0.774. The molecule has 0 saturated carbocycles. The number of rotatable bonds is 2. The van der Waals surface area contributed by atoms with Gasteiger partial charge in [-0.05, 0) is 24.3 Å². The molecule has 0 aliphatic rings. The fourth-order valence-corrected chi connectivity index (χ4v) is 2.45. The second-order valence-corrected chi connectivity index (χ2v) is 5.34. The van der Waals surface area contributed by atoms with Gasteiger partial charge in [0.25, 0.3) is 0 Å². The first-order valence-corrected chi connectivity index (χ1v) is 6.69. The molecule has 0 amide bonds. The summed E-state index contributed by atoms with van der Waals surface area (Å²) >= 11 is 3.38. The minimum atomic E-state index is -0.600. The van der Waals surface area contributed by atoms with Crippen molar-refractivity contribution < 1.29 is 8.78 Å². The van der Waals surface area contributed by atoms with Gasteiger partial charge in [-0.25, -0.2) is 13.8 Å². The van der Waals surface area contributed by atoms with Gasteiger partial charge in [0.15, 0.2) is 0 Å². The lowest BCUT2D eigenvalue weighted by molar-refractivity contribution is 0.568. The fraction of sp³-hybridized carbons (Fsp3) is 0.0714. The Bertz CT molecular complexity index is 798. The second kappa shape index (κ2) is 4.86. The molecule has 0 unspecified atom stereocenters. The smallest absolute Gasteiger partial charge is 0.201 e. The van der Waals surface area contributed by atoms with Crippen LogP contribution in [0.5, 0.6) is 0 Å². The molecule has 2 aromatic carbocycles. The van der Waals surface area contributed by atoms with Crippen LogP contribution in [0.2, 0.25) is 0 Å². The first-order chi connectivity index (χ1) is 9.54. The monoisotopic (exact) mass is 337 g/mol. The highest BCUT2D eigenvalue weighted by atomic mass is 79.9. The molecule has 0 aliphatic heterocycles. The van der Waals surface area contributed by atoms with E-state index >= 15 is 0 Å². The van der Waals surface area contributed by atoms with E-state index < -0.39 is 11.6 Å². The molecule has 3 aromatic rings. The van der Waals surface area contributed by atoms with E-state index in [1.54, 1.807) is 4.57 Å². The van der Waals surface area contributed by atoms with Crippen molar-refractivity contribution in [1.82, 2.24) is 9.55 Å². The van der Waals surface area contributed by atoms with Crippen LogP contribution < -0.4 is 5.73 Å². The third-order valence-electron chi connectivity index (χ3n) is 3.08. The molecule has 3 nitrogen and oxygen atoms in total. The molecule has 20 heavy (non-hydrogen) atoms. The zero-order valence-electron chi connectivity index (χ0n) is 10.3. The van der Waals surface area contributed by atoms with E-state index in [4.69, 9.17) is 5.73 Å². The number of anilines is 1. The van der Waals surface area contributed by atoms with Crippen LogP contribution in [0.4, 0.5) is 14.7 Å². The molecule has 0 atom stereocenters. The van der Waals surface area contributed by atoms with Crippen LogP contribution in [-0.4, -0.2) is 9.55 Å². The van der Waals surface area contributed by atoms with E-state index in [0.29, 0.717) is 11.5 Å². The van der Waals surface area contributed by atoms with Crippen molar-refractivity contribution in [2.45, 2.75) is 6.54 Å². The first kappa shape index (κ1) is 13.1. The molecule has 0 saturated heterocycles. The maximum Gasteiger partial charge on any atom is 0.201 e. The summed E-state index contributed by atoms with van der Waals surface area (Å²) in [5, 5.41) is 0. The molecule has 6 heteroatoms. The van der Waals surface area contributed by atoms with Crippen LogP contribution in [0.3, 0.4) is 0 Å². The molecular formula is C14H10BrF2N3. The summed E-state index contributed by atoms with van der Waals surface area (Å²) in [5.74, 6) is -0.902. The summed E-state index contributed by atoms with van der Waals surface area (Å²) in [6.45, 7) is 0.199. The van der Waals surface area contributed by atoms with Crippen LogP contribution in [-0.2, 0) is 6.54 Å². The van der Waals surface area contributed by atoms with E-state index in [9.17, 15) is 8.78 Å². The molecule has 0 radical (unpaired) electrons. The Morgan fingerprint density at radius 3 is 2.70 bits per heavy atom. The Morgan fingerprint density at radius 2 is 1.95 bits per heavy atom. The maximum atomic E-state index is 13.7. The van der Waals surface area contributed by atoms with E-state index in [1.165, 1.54) is 12.1 Å². The Morgan fingerprint density at radius 1 is 1.15 bits per heavy atom. The summed E-state index contributed by atoms with van der Waals surface area (Å²) in [7, 11) is 0. The number of nitrogens with zero attached hydrogens (tertiary/aromatic N) is 2. The number of nitrogen functional groups attached to an aromatic ring is 1. The summed E-state index contributed by atoms with van der Waals surface area (Å²) in [6.07, 6.45) is 0. The molecule has 1 heterocycles. The topological polar surface area (TPSA) is 43.8 Å². The van der Waals surface area contributed by atoms with Crippen LogP contribution >= 0.6 is 15.9 Å². The van der Waals surface area contributed by atoms with E-state index in [1.807, 2.05) is 18.2 Å². The van der Waals surface area contributed by atoms with Gasteiger partial charge >= 0.3 is 0 Å². The number of imidazole rings is 1. The van der Waals surface area contributed by atoms with Crippen LogP contribution in [0.1, 0.15) is 5.56 Å². The minimum absolute atomic E-state index is 0.199. The van der Waals surface area contributed by atoms with Gasteiger partial charge in [0.1, 0.15) is 11.6 Å². The SMILES string of the molecule is Nc1nc2ccc(Br)cc2n1Cc1ccc(F)cc1F. The number of hydrogen-bond donors (Lipinski definition) is 1. The highest BCUT2D eigenvalue weighted by Crippen LogP contribution is 2.24. The van der Waals surface area contributed by atoms with Gasteiger partial charge in [-0.3, -0.25) is 0 Å². The van der Waals surface area contributed by atoms with Gasteiger partial charge in [0, 0.05) is 16.1 Å². The predicted octanol–water partition coefficient (Wildman–Crippen LogP) is 3.71. The Balaban J connectivity index is 2.10. The molecule has 0 aliphatic carbocycles. The number of hydrogen-bond acceptors (Lipinski definition) is 2. The lowest BCUT2D eigenvalue weighted by Crippen LogP contribution is -2.06. The highest BCUT2D eigenvalue weighted by Gasteiger charge is 2.11. The van der Waals surface area contributed by atoms with Crippen molar-refractivity contribution in [3.63, 3.8) is 0 Å². The van der Waals surface area contributed by atoms with Gasteiger partial charge in [0.2, 0.25) is 5.95 Å². The lowest BCUT2D eigenvalue weighted by Gasteiger charge is -2.08. The normalized spacial score (nSPS) is 11.2. The summed E-state index contributed by atoms with van der Waals surface area (Å²) in [5.41, 5.74) is 7.75. The lowest BCUT2D eigenvalue weighted by atomic mass is 10.2. The Kier molecular flexibility index (Phi) is 3.17. The molecule has 102 valence electrons. The predicted molar refractivity (Wildman–Crippen MR) is 77.3 cm³/mol. The standard InChI is InChI=1S/C14H10BrF2N3/c15-9-2-4-12-13(5-9)20(14(18)19-12)7-8-1-3-10(16)6-11(8)17/h1-6H,7H2,(H2,18,19). The number of nitrogens with two attached hydrogens (primary N) is 1. The molecule has 0 fully saturated rings. The van der Waals surface area contributed by atoms with Gasteiger partial charge in [-0.1, -0.05) is 22.0 Å². The summed E-state index contributed by atoms with van der Waals surface area (Å²) in [6, 6.07) is 9.04. The van der Waals surface area contributed by atoms with Crippen molar-refractivity contribution in [3.05, 3.63) is 58.1 Å². The average molecular weight is 338 g/mol. The molecular weight excluding hydrogens is 328 g/mol. The number of aromatic nitrogens is 2. The summed E-state index contributed by atoms with van der Waals surface area (Å²) < 4.78 is 29.2. The number of fused-ring (bicyclic) bond motifs is 1. The van der Waals surface area contributed by atoms with Gasteiger partial charge < -0.3 is 10.3 Å². The number of benzene rings is 2. The first-order valence-electron chi connectivity index (χ1n) is 5.90. The van der Waals surface area contributed by atoms with Gasteiger partial charge in [-0.2, -0.15) is 0 Å². The third kappa shape index (κ3) is 2.27. The van der Waals surface area contributed by atoms with Gasteiger partial charge in [0.05, 0.1) is 17.6 Å². The number of halogens is 3. The van der Waals surface area contributed by atoms with Gasteiger partial charge in [-0.15, -0.1) is 0 Å². The molecule has 0 spiro atoms. The van der Waals surface area contributed by atoms with Crippen LogP contribution in [0.25, 0.3) is 11.0 Å². The molecule has 1 aromatic heterocycles. The van der Waals surface area contributed by atoms with Crippen LogP contribution in [0.15, 0.2) is 40.9 Å². The van der Waals surface area contributed by atoms with Crippen molar-refractivity contribution in [3.8, 4) is 0 Å². The average Bonchev–Trinajstić information content (AvgIpc) is 2.69. The fourth-order valence-electron chi connectivity index (χ4n) is 2.10. The zero-order valence-corrected chi connectivity index (χ0v) is 11.9. The largest absolute Gasteiger partial charge is 0.369 e. The molecule has 0 bridgehead atoms. The summed E-state index contributed by atoms with van der Waals surface area (Å²) in [4.78, 5) is 4.22. The van der Waals surface area contributed by atoms with E-state index in [-0.39, 0.29) is 6.54 Å². The zero-order chi connectivity index (χ0) is 14.3. The second-order valence-electron chi connectivity index (χ2n) is 4.42. The third-order valence-corrected chi connectivity index (χ3v) is 3.58. The van der Waals surface area contributed by atoms with Crippen molar-refractivity contribution in [2.24, 2.45) is 0 Å². The van der Waals surface area contributed by atoms with Crippen molar-refractivity contribution in [2.75, 3.05) is 5.73 Å². The van der Waals surface area contributed by atoms with E-state index in [0.717, 1.165) is 21.6 Å². The highest BCUT2D eigenvalue weighted by molar-refractivity contribution is 9.10. The molecule has 2 N–H and O–H groups in total. The molecule has 3 rings (SSSR count).